The molecule has 0 spiro atoms. The van der Waals surface area contributed by atoms with Gasteiger partial charge in [-0.15, -0.1) is 0 Å². The van der Waals surface area contributed by atoms with Crippen molar-refractivity contribution >= 4 is 5.91 Å². The predicted octanol–water partition coefficient (Wildman–Crippen LogP) is 1.36. The highest BCUT2D eigenvalue weighted by molar-refractivity contribution is 5.96. The molecule has 18 heavy (non-hydrogen) atoms. The van der Waals surface area contributed by atoms with E-state index >= 15 is 0 Å². The molecule has 1 amide bonds. The van der Waals surface area contributed by atoms with E-state index in [-0.39, 0.29) is 5.91 Å². The monoisotopic (exact) mass is 249 g/mol. The van der Waals surface area contributed by atoms with Crippen molar-refractivity contribution in [1.29, 1.82) is 0 Å². The average molecular weight is 249 g/mol. The van der Waals surface area contributed by atoms with Gasteiger partial charge in [-0.25, -0.2) is 0 Å². The normalized spacial score (nSPS) is 17.2. The molecule has 2 aliphatic rings. The van der Waals surface area contributed by atoms with E-state index in [1.54, 1.807) is 19.2 Å². The molecule has 0 bridgehead atoms. The minimum atomic E-state index is -0.0900. The Kier molecular flexibility index (Phi) is 2.74. The predicted molar refractivity (Wildman–Crippen MR) is 64.5 cm³/mol. The molecule has 1 aromatic carbocycles. The molecule has 96 valence electrons. The van der Waals surface area contributed by atoms with Crippen LogP contribution in [0.4, 0.5) is 0 Å². The molecule has 0 unspecified atom stereocenters. The summed E-state index contributed by atoms with van der Waals surface area (Å²) in [5.41, 5.74) is 0.544. The summed E-state index contributed by atoms with van der Waals surface area (Å²) < 4.78 is 16.2. The Hall–Kier alpha value is -1.91. The van der Waals surface area contributed by atoms with Crippen LogP contribution in [-0.2, 0) is 0 Å². The van der Waals surface area contributed by atoms with E-state index in [0.29, 0.717) is 42.1 Å². The van der Waals surface area contributed by atoms with Gasteiger partial charge in [-0.1, -0.05) is 0 Å². The molecule has 1 aliphatic carbocycles. The van der Waals surface area contributed by atoms with Crippen molar-refractivity contribution in [3.63, 3.8) is 0 Å². The summed E-state index contributed by atoms with van der Waals surface area (Å²) in [5, 5.41) is 2.94. The van der Waals surface area contributed by atoms with E-state index in [2.05, 4.69) is 5.32 Å². The van der Waals surface area contributed by atoms with Gasteiger partial charge in [0.1, 0.15) is 13.2 Å². The smallest absolute Gasteiger partial charge is 0.251 e. The fourth-order valence-corrected chi connectivity index (χ4v) is 1.90. The van der Waals surface area contributed by atoms with E-state index in [1.807, 2.05) is 0 Å². The molecule has 1 saturated carbocycles. The molecular formula is C13H15NO4. The zero-order chi connectivity index (χ0) is 12.5. The maximum atomic E-state index is 12.0. The molecule has 5 nitrogen and oxygen atoms in total. The second-order valence-corrected chi connectivity index (χ2v) is 4.45. The third-order valence-electron chi connectivity index (χ3n) is 3.00. The number of hydrogen-bond donors (Lipinski definition) is 1. The first kappa shape index (κ1) is 11.2. The number of amides is 1. The van der Waals surface area contributed by atoms with Crippen LogP contribution in [0.5, 0.6) is 17.2 Å². The summed E-state index contributed by atoms with van der Waals surface area (Å²) in [5.74, 6) is 1.59. The maximum absolute atomic E-state index is 12.0. The lowest BCUT2D eigenvalue weighted by molar-refractivity contribution is 0.0949. The molecular weight excluding hydrogens is 234 g/mol. The lowest BCUT2D eigenvalue weighted by Gasteiger charge is -2.21. The van der Waals surface area contributed by atoms with Gasteiger partial charge >= 0.3 is 0 Å². The second-order valence-electron chi connectivity index (χ2n) is 4.45. The summed E-state index contributed by atoms with van der Waals surface area (Å²) in [6, 6.07) is 3.72. The Balaban J connectivity index is 1.91. The highest BCUT2D eigenvalue weighted by atomic mass is 16.6. The third-order valence-corrected chi connectivity index (χ3v) is 3.00. The fraction of sp³-hybridized carbons (Fsp3) is 0.462. The van der Waals surface area contributed by atoms with Crippen LogP contribution in [0.25, 0.3) is 0 Å². The highest BCUT2D eigenvalue weighted by Gasteiger charge is 2.26. The largest absolute Gasteiger partial charge is 0.493 e. The topological polar surface area (TPSA) is 56.8 Å². The molecule has 1 N–H and O–H groups in total. The van der Waals surface area contributed by atoms with Crippen LogP contribution in [0.15, 0.2) is 12.1 Å². The van der Waals surface area contributed by atoms with Gasteiger partial charge in [0.05, 0.1) is 7.11 Å². The van der Waals surface area contributed by atoms with E-state index in [1.165, 1.54) is 0 Å². The first-order chi connectivity index (χ1) is 8.78. The Morgan fingerprint density at radius 3 is 2.83 bits per heavy atom. The van der Waals surface area contributed by atoms with Gasteiger partial charge < -0.3 is 19.5 Å². The zero-order valence-corrected chi connectivity index (χ0v) is 10.2. The van der Waals surface area contributed by atoms with Gasteiger partial charge in [0, 0.05) is 11.6 Å². The summed E-state index contributed by atoms with van der Waals surface area (Å²) in [6.45, 7) is 0.987. The molecule has 1 aliphatic heterocycles. The number of nitrogens with one attached hydrogen (secondary N) is 1. The number of ether oxygens (including phenoxy) is 3. The van der Waals surface area contributed by atoms with Crippen molar-refractivity contribution in [2.45, 2.75) is 18.9 Å². The summed E-state index contributed by atoms with van der Waals surface area (Å²) in [7, 11) is 1.55. The van der Waals surface area contributed by atoms with Crippen LogP contribution in [0.1, 0.15) is 23.2 Å². The van der Waals surface area contributed by atoms with Crippen molar-refractivity contribution in [1.82, 2.24) is 5.32 Å². The molecule has 0 aromatic heterocycles. The quantitative estimate of drug-likeness (QED) is 0.878. The number of carbonyl (C=O) groups is 1. The number of rotatable bonds is 3. The molecule has 5 heteroatoms. The van der Waals surface area contributed by atoms with Crippen LogP contribution in [0.2, 0.25) is 0 Å². The summed E-state index contributed by atoms with van der Waals surface area (Å²) >= 11 is 0. The van der Waals surface area contributed by atoms with Crippen molar-refractivity contribution in [3.05, 3.63) is 17.7 Å². The molecule has 1 aromatic rings. The Bertz CT molecular complexity index is 465. The lowest BCUT2D eigenvalue weighted by Crippen LogP contribution is -2.26. The average Bonchev–Trinajstić information content (AvgIpc) is 3.21. The first-order valence-corrected chi connectivity index (χ1v) is 6.06. The molecule has 0 radical (unpaired) electrons. The minimum absolute atomic E-state index is 0.0900. The summed E-state index contributed by atoms with van der Waals surface area (Å²) in [6.07, 6.45) is 2.13. The standard InChI is InChI=1S/C13H15NO4/c1-16-10-6-8(13(15)14-9-2-3-9)7-11-12(10)18-5-4-17-11/h6-7,9H,2-5H2,1H3,(H,14,15). The summed E-state index contributed by atoms with van der Waals surface area (Å²) in [4.78, 5) is 12.0. The van der Waals surface area contributed by atoms with Crippen molar-refractivity contribution in [2.75, 3.05) is 20.3 Å². The maximum Gasteiger partial charge on any atom is 0.251 e. The number of benzene rings is 1. The second kappa shape index (κ2) is 4.40. The van der Waals surface area contributed by atoms with E-state index in [4.69, 9.17) is 14.2 Å². The number of methoxy groups -OCH3 is 1. The highest BCUT2D eigenvalue weighted by Crippen LogP contribution is 2.40. The molecule has 1 fully saturated rings. The van der Waals surface area contributed by atoms with Crippen LogP contribution in [0.3, 0.4) is 0 Å². The van der Waals surface area contributed by atoms with Crippen LogP contribution in [-0.4, -0.2) is 32.3 Å². The van der Waals surface area contributed by atoms with Crippen molar-refractivity contribution in [3.8, 4) is 17.2 Å². The van der Waals surface area contributed by atoms with Crippen LogP contribution >= 0.6 is 0 Å². The Morgan fingerprint density at radius 1 is 1.33 bits per heavy atom. The van der Waals surface area contributed by atoms with E-state index in [0.717, 1.165) is 12.8 Å². The molecule has 0 saturated heterocycles. The van der Waals surface area contributed by atoms with Gasteiger partial charge in [-0.05, 0) is 25.0 Å². The van der Waals surface area contributed by atoms with Crippen molar-refractivity contribution < 1.29 is 19.0 Å². The number of carbonyl (C=O) groups excluding carboxylic acids is 1. The van der Waals surface area contributed by atoms with Crippen molar-refractivity contribution in [2.24, 2.45) is 0 Å². The zero-order valence-electron chi connectivity index (χ0n) is 10.2. The van der Waals surface area contributed by atoms with Crippen LogP contribution < -0.4 is 19.5 Å². The van der Waals surface area contributed by atoms with E-state index in [9.17, 15) is 4.79 Å². The van der Waals surface area contributed by atoms with Gasteiger partial charge in [0.2, 0.25) is 5.75 Å². The molecule has 3 rings (SSSR count). The van der Waals surface area contributed by atoms with E-state index < -0.39 is 0 Å². The first-order valence-electron chi connectivity index (χ1n) is 6.06. The number of hydrogen-bond acceptors (Lipinski definition) is 4. The Labute approximate surface area is 105 Å². The van der Waals surface area contributed by atoms with Gasteiger partial charge in [0.25, 0.3) is 5.91 Å². The third kappa shape index (κ3) is 2.08. The SMILES string of the molecule is COc1cc(C(=O)NC2CC2)cc2c1OCCO2. The van der Waals surface area contributed by atoms with Gasteiger partial charge in [-0.3, -0.25) is 4.79 Å². The van der Waals surface area contributed by atoms with Crippen LogP contribution in [0, 0.1) is 0 Å². The fourth-order valence-electron chi connectivity index (χ4n) is 1.90. The van der Waals surface area contributed by atoms with Gasteiger partial charge in [-0.2, -0.15) is 0 Å². The molecule has 1 heterocycles. The molecule has 0 atom stereocenters. The minimum Gasteiger partial charge on any atom is -0.493 e. The van der Waals surface area contributed by atoms with Gasteiger partial charge in [0.15, 0.2) is 11.5 Å². The number of fused-ring (bicyclic) bond motifs is 1. The Morgan fingerprint density at radius 2 is 2.11 bits per heavy atom. The lowest BCUT2D eigenvalue weighted by atomic mass is 10.1.